The van der Waals surface area contributed by atoms with Crippen LogP contribution in [-0.4, -0.2) is 22.3 Å². The minimum Gasteiger partial charge on any atom is -0.370 e. The third-order valence-electron chi connectivity index (χ3n) is 3.76. The molecule has 0 fully saturated rings. The van der Waals surface area contributed by atoms with Gasteiger partial charge in [0.25, 0.3) is 0 Å². The Bertz CT molecular complexity index is 656. The first-order valence-corrected chi connectivity index (χ1v) is 6.94. The summed E-state index contributed by atoms with van der Waals surface area (Å²) in [6.07, 6.45) is 3.22. The van der Waals surface area contributed by atoms with Crippen molar-refractivity contribution in [2.75, 3.05) is 11.9 Å². The molecule has 2 heterocycles. The lowest BCUT2D eigenvalue weighted by atomic mass is 10.00. The van der Waals surface area contributed by atoms with Crippen LogP contribution in [-0.2, 0) is 6.42 Å². The maximum Gasteiger partial charge on any atom is 0.215 e. The molecule has 104 valence electrons. The molecule has 4 N–H and O–H groups in total. The average molecular weight is 269 g/mol. The minimum atomic E-state index is -0.0458. The van der Waals surface area contributed by atoms with Crippen molar-refractivity contribution < 1.29 is 0 Å². The highest BCUT2D eigenvalue weighted by atomic mass is 15.4. The molecular formula is C15H19N5. The molecule has 0 bridgehead atoms. The molecule has 1 aliphatic heterocycles. The second-order valence-electron chi connectivity index (χ2n) is 5.17. The Morgan fingerprint density at radius 1 is 1.35 bits per heavy atom. The molecule has 0 unspecified atom stereocenters. The zero-order valence-corrected chi connectivity index (χ0v) is 11.6. The van der Waals surface area contributed by atoms with Crippen molar-refractivity contribution >= 4 is 11.8 Å². The fourth-order valence-corrected chi connectivity index (χ4v) is 2.73. The zero-order valence-electron chi connectivity index (χ0n) is 11.6. The number of nitrogens with two attached hydrogens (primary N) is 1. The maximum atomic E-state index is 7.71. The molecular weight excluding hydrogens is 250 g/mol. The number of fused-ring (bicyclic) bond motifs is 1. The van der Waals surface area contributed by atoms with Gasteiger partial charge in [-0.25, -0.2) is 0 Å². The Morgan fingerprint density at radius 2 is 2.15 bits per heavy atom. The largest absolute Gasteiger partial charge is 0.370 e. The standard InChI is InChI=1S/C15H19N5/c1-10-6-2-3-7-11(10)13-12-8-4-5-9-18-14(12)20(19-13)15(16)17/h2-3,6-7,18H,4-5,8-9H2,1H3,(H3,16,17). The molecule has 5 heteroatoms. The van der Waals surface area contributed by atoms with Crippen molar-refractivity contribution in [2.24, 2.45) is 5.73 Å². The SMILES string of the molecule is Cc1ccccc1-c1nn(C(=N)N)c2c1CCCCN2. The van der Waals surface area contributed by atoms with E-state index in [9.17, 15) is 0 Å². The highest BCUT2D eigenvalue weighted by Crippen LogP contribution is 2.33. The van der Waals surface area contributed by atoms with Crippen molar-refractivity contribution in [2.45, 2.75) is 26.2 Å². The molecule has 0 saturated carbocycles. The third kappa shape index (κ3) is 2.05. The van der Waals surface area contributed by atoms with Gasteiger partial charge in [-0.3, -0.25) is 5.41 Å². The summed E-state index contributed by atoms with van der Waals surface area (Å²) in [4.78, 5) is 0. The van der Waals surface area contributed by atoms with Crippen molar-refractivity contribution in [3.05, 3.63) is 35.4 Å². The summed E-state index contributed by atoms with van der Waals surface area (Å²) >= 11 is 0. The number of nitrogens with zero attached hydrogens (tertiary/aromatic N) is 2. The molecule has 0 saturated heterocycles. The van der Waals surface area contributed by atoms with E-state index >= 15 is 0 Å². The smallest absolute Gasteiger partial charge is 0.215 e. The van der Waals surface area contributed by atoms with Crippen molar-refractivity contribution in [3.63, 3.8) is 0 Å². The van der Waals surface area contributed by atoms with Gasteiger partial charge in [0.15, 0.2) is 0 Å². The molecule has 0 radical (unpaired) electrons. The van der Waals surface area contributed by atoms with Crippen molar-refractivity contribution in [1.82, 2.24) is 9.78 Å². The van der Waals surface area contributed by atoms with Gasteiger partial charge in [0.1, 0.15) is 5.82 Å². The zero-order chi connectivity index (χ0) is 14.1. The molecule has 3 rings (SSSR count). The second-order valence-corrected chi connectivity index (χ2v) is 5.17. The number of hydrogen-bond acceptors (Lipinski definition) is 3. The Balaban J connectivity index is 2.21. The summed E-state index contributed by atoms with van der Waals surface area (Å²) in [5, 5.41) is 15.6. The van der Waals surface area contributed by atoms with E-state index < -0.39 is 0 Å². The van der Waals surface area contributed by atoms with Crippen molar-refractivity contribution in [1.29, 1.82) is 5.41 Å². The summed E-state index contributed by atoms with van der Waals surface area (Å²) in [6, 6.07) is 8.20. The van der Waals surface area contributed by atoms with E-state index in [1.165, 1.54) is 15.8 Å². The minimum absolute atomic E-state index is 0.0458. The third-order valence-corrected chi connectivity index (χ3v) is 3.76. The van der Waals surface area contributed by atoms with Gasteiger partial charge >= 0.3 is 0 Å². The van der Waals surface area contributed by atoms with Gasteiger partial charge in [-0.1, -0.05) is 24.3 Å². The topological polar surface area (TPSA) is 79.7 Å². The van der Waals surface area contributed by atoms with Crippen LogP contribution in [0.25, 0.3) is 11.3 Å². The molecule has 1 aromatic heterocycles. The normalized spacial score (nSPS) is 14.2. The summed E-state index contributed by atoms with van der Waals surface area (Å²) in [5.74, 6) is 0.837. The predicted octanol–water partition coefficient (Wildman–Crippen LogP) is 2.35. The highest BCUT2D eigenvalue weighted by molar-refractivity contribution is 5.84. The summed E-state index contributed by atoms with van der Waals surface area (Å²) in [6.45, 7) is 2.98. The Hall–Kier alpha value is -2.30. The van der Waals surface area contributed by atoms with E-state index in [1.54, 1.807) is 0 Å². The molecule has 0 spiro atoms. The van der Waals surface area contributed by atoms with Crippen LogP contribution in [0.3, 0.4) is 0 Å². The molecule has 0 amide bonds. The Morgan fingerprint density at radius 3 is 2.90 bits per heavy atom. The number of hydrogen-bond donors (Lipinski definition) is 3. The molecule has 2 aromatic rings. The Kier molecular flexibility index (Phi) is 3.18. The van der Waals surface area contributed by atoms with Crippen LogP contribution >= 0.6 is 0 Å². The van der Waals surface area contributed by atoms with Gasteiger partial charge < -0.3 is 11.1 Å². The first-order valence-electron chi connectivity index (χ1n) is 6.94. The van der Waals surface area contributed by atoms with Crippen LogP contribution in [0.4, 0.5) is 5.82 Å². The number of aromatic nitrogens is 2. The van der Waals surface area contributed by atoms with Gasteiger partial charge in [-0.15, -0.1) is 0 Å². The number of anilines is 1. The van der Waals surface area contributed by atoms with Crippen LogP contribution in [0, 0.1) is 12.3 Å². The van der Waals surface area contributed by atoms with E-state index in [0.29, 0.717) is 0 Å². The van der Waals surface area contributed by atoms with Gasteiger partial charge in [-0.05, 0) is 31.7 Å². The van der Waals surface area contributed by atoms with E-state index in [1.807, 2.05) is 12.1 Å². The van der Waals surface area contributed by atoms with Gasteiger partial charge in [0.2, 0.25) is 5.96 Å². The lowest BCUT2D eigenvalue weighted by Gasteiger charge is -2.06. The summed E-state index contributed by atoms with van der Waals surface area (Å²) in [7, 11) is 0. The van der Waals surface area contributed by atoms with Crippen LogP contribution in [0.5, 0.6) is 0 Å². The second kappa shape index (κ2) is 5.00. The number of nitrogen functional groups attached to an aromatic ring is 1. The average Bonchev–Trinajstić information content (AvgIpc) is 2.63. The molecule has 1 aliphatic rings. The number of benzene rings is 1. The van der Waals surface area contributed by atoms with Crippen LogP contribution in [0.2, 0.25) is 0 Å². The van der Waals surface area contributed by atoms with E-state index in [4.69, 9.17) is 11.1 Å². The van der Waals surface area contributed by atoms with Gasteiger partial charge in [0.05, 0.1) is 5.69 Å². The summed E-state index contributed by atoms with van der Waals surface area (Å²) < 4.78 is 1.52. The van der Waals surface area contributed by atoms with Gasteiger partial charge in [0, 0.05) is 17.7 Å². The quantitative estimate of drug-likeness (QED) is 0.549. The van der Waals surface area contributed by atoms with E-state index in [2.05, 4.69) is 29.5 Å². The first kappa shape index (κ1) is 12.7. The summed E-state index contributed by atoms with van der Waals surface area (Å²) in [5.41, 5.74) is 10.1. The van der Waals surface area contributed by atoms with Crippen LogP contribution < -0.4 is 11.1 Å². The van der Waals surface area contributed by atoms with E-state index in [0.717, 1.165) is 42.9 Å². The number of aryl methyl sites for hydroxylation is 1. The predicted molar refractivity (Wildman–Crippen MR) is 81.1 cm³/mol. The molecule has 0 atom stereocenters. The Labute approximate surface area is 118 Å². The van der Waals surface area contributed by atoms with Crippen molar-refractivity contribution in [3.8, 4) is 11.3 Å². The fourth-order valence-electron chi connectivity index (χ4n) is 2.73. The lowest BCUT2D eigenvalue weighted by molar-refractivity contribution is 0.781. The van der Waals surface area contributed by atoms with Crippen LogP contribution in [0.1, 0.15) is 24.0 Å². The number of rotatable bonds is 1. The molecule has 0 aliphatic carbocycles. The number of nitrogens with one attached hydrogen (secondary N) is 2. The van der Waals surface area contributed by atoms with E-state index in [-0.39, 0.29) is 5.96 Å². The maximum absolute atomic E-state index is 7.71. The van der Waals surface area contributed by atoms with Gasteiger partial charge in [-0.2, -0.15) is 9.78 Å². The highest BCUT2D eigenvalue weighted by Gasteiger charge is 2.22. The lowest BCUT2D eigenvalue weighted by Crippen LogP contribution is -2.24. The monoisotopic (exact) mass is 269 g/mol. The molecule has 20 heavy (non-hydrogen) atoms. The molecule has 1 aromatic carbocycles. The first-order chi connectivity index (χ1) is 9.68. The van der Waals surface area contributed by atoms with Crippen LogP contribution in [0.15, 0.2) is 24.3 Å². The molecule has 5 nitrogen and oxygen atoms in total. The fraction of sp³-hybridized carbons (Fsp3) is 0.333.